The number of fused-ring (bicyclic) bond motifs is 2. The van der Waals surface area contributed by atoms with E-state index in [0.29, 0.717) is 52.0 Å². The van der Waals surface area contributed by atoms with Gasteiger partial charge in [0.25, 0.3) is 0 Å². The van der Waals surface area contributed by atoms with Crippen LogP contribution in [0.1, 0.15) is 12.0 Å². The molecule has 8 nitrogen and oxygen atoms in total. The van der Waals surface area contributed by atoms with Crippen LogP contribution < -0.4 is 10.2 Å². The average molecular weight is 522 g/mol. The van der Waals surface area contributed by atoms with Crippen LogP contribution in [0, 0.1) is 11.7 Å². The van der Waals surface area contributed by atoms with Gasteiger partial charge in [-0.15, -0.1) is 0 Å². The number of rotatable bonds is 7. The summed E-state index contributed by atoms with van der Waals surface area (Å²) in [6.45, 7) is 0.561. The van der Waals surface area contributed by atoms with Crippen LogP contribution in [-0.4, -0.2) is 50.5 Å². The van der Waals surface area contributed by atoms with Crippen LogP contribution in [0.5, 0.6) is 0 Å². The topological polar surface area (TPSA) is 91.2 Å². The van der Waals surface area contributed by atoms with Crippen molar-refractivity contribution in [1.29, 1.82) is 0 Å². The highest BCUT2D eigenvalue weighted by Gasteiger charge is 2.43. The molecule has 5 aromatic rings. The third-order valence-electron chi connectivity index (χ3n) is 6.69. The SMILES string of the molecule is CN(CCc1ccncc1)c1c(F)c(Cl)c(-c2ccn3nc(NC(=O)[C@@H]4C[C@@H]4F)cc3c2)c2cn[nH]c12. The van der Waals surface area contributed by atoms with Gasteiger partial charge in [0.05, 0.1) is 28.2 Å². The van der Waals surface area contributed by atoms with Crippen molar-refractivity contribution in [2.75, 3.05) is 23.8 Å². The molecule has 0 spiro atoms. The quantitative estimate of drug-likeness (QED) is 0.313. The molecule has 2 atom stereocenters. The van der Waals surface area contributed by atoms with E-state index in [4.69, 9.17) is 11.6 Å². The molecule has 0 radical (unpaired) electrons. The molecule has 1 aromatic carbocycles. The van der Waals surface area contributed by atoms with Crippen LogP contribution in [0.25, 0.3) is 27.5 Å². The number of aromatic amines is 1. The molecule has 1 fully saturated rings. The van der Waals surface area contributed by atoms with Crippen molar-refractivity contribution in [3.8, 4) is 11.1 Å². The minimum absolute atomic E-state index is 0.0141. The van der Waals surface area contributed by atoms with E-state index in [1.165, 1.54) is 0 Å². The van der Waals surface area contributed by atoms with Gasteiger partial charge in [0.1, 0.15) is 11.9 Å². The molecule has 2 N–H and O–H groups in total. The molecule has 11 heteroatoms. The van der Waals surface area contributed by atoms with Gasteiger partial charge in [0.15, 0.2) is 11.6 Å². The first-order valence-corrected chi connectivity index (χ1v) is 12.2. The molecular weight excluding hydrogens is 500 g/mol. The fraction of sp³-hybridized carbons (Fsp3) is 0.231. The van der Waals surface area contributed by atoms with Crippen LogP contribution >= 0.6 is 11.6 Å². The Labute approximate surface area is 215 Å². The maximum atomic E-state index is 15.8. The number of amides is 1. The summed E-state index contributed by atoms with van der Waals surface area (Å²) in [4.78, 5) is 17.9. The monoisotopic (exact) mass is 521 g/mol. The zero-order valence-corrected chi connectivity index (χ0v) is 20.5. The van der Waals surface area contributed by atoms with Crippen molar-refractivity contribution >= 4 is 45.4 Å². The molecule has 1 aliphatic carbocycles. The molecule has 0 unspecified atom stereocenters. The lowest BCUT2D eigenvalue weighted by atomic mass is 10.0. The average Bonchev–Trinajstić information content (AvgIpc) is 3.24. The van der Waals surface area contributed by atoms with Gasteiger partial charge in [-0.2, -0.15) is 10.2 Å². The summed E-state index contributed by atoms with van der Waals surface area (Å²) < 4.78 is 30.6. The number of nitrogens with zero attached hydrogens (tertiary/aromatic N) is 5. The molecule has 0 aliphatic heterocycles. The van der Waals surface area contributed by atoms with E-state index in [1.54, 1.807) is 47.5 Å². The molecular formula is C26H22ClF2N7O. The second-order valence-electron chi connectivity index (χ2n) is 9.20. The molecule has 4 heterocycles. The van der Waals surface area contributed by atoms with Gasteiger partial charge >= 0.3 is 0 Å². The number of aromatic nitrogens is 5. The first kappa shape index (κ1) is 23.4. The third-order valence-corrected chi connectivity index (χ3v) is 7.04. The summed E-state index contributed by atoms with van der Waals surface area (Å²) in [5, 5.41) is 14.7. The first-order chi connectivity index (χ1) is 17.9. The Bertz CT molecular complexity index is 1630. The van der Waals surface area contributed by atoms with E-state index in [1.807, 2.05) is 24.1 Å². The van der Waals surface area contributed by atoms with E-state index in [0.717, 1.165) is 5.56 Å². The summed E-state index contributed by atoms with van der Waals surface area (Å²) in [5.74, 6) is -1.22. The number of nitrogens with one attached hydrogen (secondary N) is 2. The fourth-order valence-electron chi connectivity index (χ4n) is 4.56. The van der Waals surface area contributed by atoms with Crippen molar-refractivity contribution in [1.82, 2.24) is 24.8 Å². The number of hydrogen-bond donors (Lipinski definition) is 2. The highest BCUT2D eigenvalue weighted by atomic mass is 35.5. The van der Waals surface area contributed by atoms with E-state index >= 15 is 4.39 Å². The number of alkyl halides is 1. The van der Waals surface area contributed by atoms with Crippen molar-refractivity contribution in [3.63, 3.8) is 0 Å². The molecule has 4 aromatic heterocycles. The van der Waals surface area contributed by atoms with Crippen LogP contribution in [0.3, 0.4) is 0 Å². The van der Waals surface area contributed by atoms with Gasteiger partial charge in [-0.1, -0.05) is 11.6 Å². The molecule has 6 rings (SSSR count). The van der Waals surface area contributed by atoms with Gasteiger partial charge in [-0.3, -0.25) is 14.9 Å². The number of anilines is 2. The second kappa shape index (κ2) is 9.11. The lowest BCUT2D eigenvalue weighted by molar-refractivity contribution is -0.117. The second-order valence-corrected chi connectivity index (χ2v) is 9.58. The fourth-order valence-corrected chi connectivity index (χ4v) is 4.86. The van der Waals surface area contributed by atoms with E-state index in [2.05, 4.69) is 25.6 Å². The largest absolute Gasteiger partial charge is 0.370 e. The predicted octanol–water partition coefficient (Wildman–Crippen LogP) is 5.04. The van der Waals surface area contributed by atoms with Crippen molar-refractivity contribution < 1.29 is 13.6 Å². The van der Waals surface area contributed by atoms with Gasteiger partial charge in [0.2, 0.25) is 5.91 Å². The maximum Gasteiger partial charge on any atom is 0.231 e. The predicted molar refractivity (Wildman–Crippen MR) is 138 cm³/mol. The standard InChI is InChI=1S/C26H22ClF2N7O/c1-35(8-4-14-2-6-30-7-3-14)25-23(29)22(27)21(18-13-31-33-24(18)25)15-5-9-36-16(10-15)11-20(34-36)32-26(37)17-12-19(17)28/h2-3,5-7,9-11,13,17,19H,4,8,12H2,1H3,(H,31,33)(H,32,34,37)/t17-,19+/m1/s1. The summed E-state index contributed by atoms with van der Waals surface area (Å²) in [7, 11) is 1.82. The maximum absolute atomic E-state index is 15.8. The number of likely N-dealkylation sites (N-methyl/N-ethyl adjacent to an activating group) is 1. The van der Waals surface area contributed by atoms with Gasteiger partial charge < -0.3 is 10.2 Å². The highest BCUT2D eigenvalue weighted by Crippen LogP contribution is 2.42. The van der Waals surface area contributed by atoms with Gasteiger partial charge in [0, 0.05) is 49.2 Å². The number of halogens is 3. The molecule has 1 amide bonds. The Kier molecular flexibility index (Phi) is 5.75. The smallest absolute Gasteiger partial charge is 0.231 e. The van der Waals surface area contributed by atoms with Gasteiger partial charge in [-0.25, -0.2) is 13.3 Å². The number of carbonyl (C=O) groups excluding carboxylic acids is 1. The Morgan fingerprint density at radius 3 is 2.84 bits per heavy atom. The first-order valence-electron chi connectivity index (χ1n) is 11.8. The minimum Gasteiger partial charge on any atom is -0.370 e. The molecule has 1 aliphatic rings. The Morgan fingerprint density at radius 1 is 1.30 bits per heavy atom. The zero-order valence-electron chi connectivity index (χ0n) is 19.8. The van der Waals surface area contributed by atoms with Crippen LogP contribution in [-0.2, 0) is 11.2 Å². The molecule has 1 saturated carbocycles. The molecule has 188 valence electrons. The van der Waals surface area contributed by atoms with Crippen LogP contribution in [0.2, 0.25) is 5.02 Å². The lowest BCUT2D eigenvalue weighted by Crippen LogP contribution is -2.22. The van der Waals surface area contributed by atoms with Gasteiger partial charge in [-0.05, 0) is 48.2 Å². The minimum atomic E-state index is -1.09. The number of pyridine rings is 2. The molecule has 0 saturated heterocycles. The number of carbonyl (C=O) groups is 1. The summed E-state index contributed by atoms with van der Waals surface area (Å²) in [5.41, 5.74) is 3.81. The van der Waals surface area contributed by atoms with Crippen molar-refractivity contribution in [2.24, 2.45) is 5.92 Å². The zero-order chi connectivity index (χ0) is 25.7. The highest BCUT2D eigenvalue weighted by molar-refractivity contribution is 6.36. The summed E-state index contributed by atoms with van der Waals surface area (Å²) in [6, 6.07) is 9.11. The number of benzene rings is 1. The lowest BCUT2D eigenvalue weighted by Gasteiger charge is -2.22. The van der Waals surface area contributed by atoms with Crippen molar-refractivity contribution in [2.45, 2.75) is 19.0 Å². The number of hydrogen-bond acceptors (Lipinski definition) is 5. The van der Waals surface area contributed by atoms with Crippen LogP contribution in [0.4, 0.5) is 20.3 Å². The molecule has 0 bridgehead atoms. The Morgan fingerprint density at radius 2 is 2.08 bits per heavy atom. The summed E-state index contributed by atoms with van der Waals surface area (Å²) in [6.07, 6.45) is 6.65. The van der Waals surface area contributed by atoms with E-state index in [-0.39, 0.29) is 17.4 Å². The van der Waals surface area contributed by atoms with Crippen LogP contribution in [0.15, 0.2) is 55.1 Å². The number of H-pyrrole nitrogens is 1. The molecule has 37 heavy (non-hydrogen) atoms. The van der Waals surface area contributed by atoms with Crippen molar-refractivity contribution in [3.05, 3.63) is 71.5 Å². The Balaban J connectivity index is 1.34. The Hall–Kier alpha value is -4.05. The normalized spacial score (nSPS) is 16.9. The third kappa shape index (κ3) is 4.27. The van der Waals surface area contributed by atoms with E-state index < -0.39 is 17.9 Å². The summed E-state index contributed by atoms with van der Waals surface area (Å²) >= 11 is 6.64. The van der Waals surface area contributed by atoms with E-state index in [9.17, 15) is 9.18 Å².